The van der Waals surface area contributed by atoms with Crippen molar-refractivity contribution in [3.8, 4) is 0 Å². The number of hydrogen-bond donors (Lipinski definition) is 3. The second kappa shape index (κ2) is 8.36. The third-order valence-corrected chi connectivity index (χ3v) is 3.10. The van der Waals surface area contributed by atoms with Crippen LogP contribution in [0.15, 0.2) is 18.2 Å². The minimum atomic E-state index is -0.959. The van der Waals surface area contributed by atoms with E-state index in [-0.39, 0.29) is 24.8 Å². The normalized spacial score (nSPS) is 12.0. The predicted octanol–water partition coefficient (Wildman–Crippen LogP) is 1.59. The van der Waals surface area contributed by atoms with Crippen LogP contribution in [-0.2, 0) is 16.1 Å². The standard InChI is InChI=1S/C15H21FN2O3/c1-3-4-13(15(20)21)17-9-14(19)18-8-11-5-6-12(16)10(2)7-11/h5-7,13,17H,3-4,8-9H2,1-2H3,(H,18,19)(H,20,21). The topological polar surface area (TPSA) is 78.4 Å². The summed E-state index contributed by atoms with van der Waals surface area (Å²) >= 11 is 0. The van der Waals surface area contributed by atoms with Crippen molar-refractivity contribution >= 4 is 11.9 Å². The van der Waals surface area contributed by atoms with Crippen LogP contribution in [-0.4, -0.2) is 29.6 Å². The molecule has 0 saturated heterocycles. The molecule has 1 aromatic rings. The molecule has 0 aromatic heterocycles. The molecule has 0 spiro atoms. The summed E-state index contributed by atoms with van der Waals surface area (Å²) < 4.78 is 13.1. The van der Waals surface area contributed by atoms with Crippen molar-refractivity contribution in [1.29, 1.82) is 0 Å². The molecule has 0 saturated carbocycles. The maximum Gasteiger partial charge on any atom is 0.320 e. The van der Waals surface area contributed by atoms with Gasteiger partial charge < -0.3 is 10.4 Å². The molecule has 0 aliphatic rings. The van der Waals surface area contributed by atoms with Crippen molar-refractivity contribution in [2.24, 2.45) is 0 Å². The first-order valence-corrected chi connectivity index (χ1v) is 6.92. The zero-order valence-corrected chi connectivity index (χ0v) is 12.3. The average Bonchev–Trinajstić information content (AvgIpc) is 2.44. The molecule has 6 heteroatoms. The summed E-state index contributed by atoms with van der Waals surface area (Å²) in [5.41, 5.74) is 1.32. The number of carboxylic acids is 1. The largest absolute Gasteiger partial charge is 0.480 e. The molecule has 1 atom stereocenters. The lowest BCUT2D eigenvalue weighted by Gasteiger charge is -2.13. The van der Waals surface area contributed by atoms with Crippen LogP contribution in [0.25, 0.3) is 0 Å². The maximum absolute atomic E-state index is 13.1. The molecule has 0 fully saturated rings. The number of carbonyl (C=O) groups is 2. The van der Waals surface area contributed by atoms with Crippen LogP contribution in [0, 0.1) is 12.7 Å². The summed E-state index contributed by atoms with van der Waals surface area (Å²) in [6.45, 7) is 3.77. The molecule has 1 amide bonds. The lowest BCUT2D eigenvalue weighted by molar-refractivity contribution is -0.139. The smallest absolute Gasteiger partial charge is 0.320 e. The summed E-state index contributed by atoms with van der Waals surface area (Å²) in [4.78, 5) is 22.6. The van der Waals surface area contributed by atoms with Gasteiger partial charge in [0.25, 0.3) is 0 Å². The van der Waals surface area contributed by atoms with E-state index >= 15 is 0 Å². The highest BCUT2D eigenvalue weighted by molar-refractivity contribution is 5.79. The van der Waals surface area contributed by atoms with E-state index < -0.39 is 12.0 Å². The van der Waals surface area contributed by atoms with Gasteiger partial charge in [-0.05, 0) is 30.5 Å². The predicted molar refractivity (Wildman–Crippen MR) is 77.3 cm³/mol. The molecule has 1 rings (SSSR count). The van der Waals surface area contributed by atoms with Crippen molar-refractivity contribution in [3.05, 3.63) is 35.1 Å². The summed E-state index contributed by atoms with van der Waals surface area (Å²) in [6.07, 6.45) is 1.19. The van der Waals surface area contributed by atoms with Crippen LogP contribution in [0.4, 0.5) is 4.39 Å². The lowest BCUT2D eigenvalue weighted by Crippen LogP contribution is -2.42. The Labute approximate surface area is 123 Å². The van der Waals surface area contributed by atoms with E-state index in [1.807, 2.05) is 6.92 Å². The Morgan fingerprint density at radius 3 is 2.67 bits per heavy atom. The summed E-state index contributed by atoms with van der Waals surface area (Å²) in [7, 11) is 0. The van der Waals surface area contributed by atoms with Crippen LogP contribution in [0.1, 0.15) is 30.9 Å². The summed E-state index contributed by atoms with van der Waals surface area (Å²) in [5, 5.41) is 14.3. The number of nitrogens with one attached hydrogen (secondary N) is 2. The Bertz CT molecular complexity index is 506. The number of amides is 1. The van der Waals surface area contributed by atoms with Gasteiger partial charge in [-0.2, -0.15) is 0 Å². The van der Waals surface area contributed by atoms with E-state index in [2.05, 4.69) is 10.6 Å². The fraction of sp³-hybridized carbons (Fsp3) is 0.467. The Morgan fingerprint density at radius 1 is 1.38 bits per heavy atom. The highest BCUT2D eigenvalue weighted by Gasteiger charge is 2.16. The van der Waals surface area contributed by atoms with Gasteiger partial charge in [0.1, 0.15) is 11.9 Å². The van der Waals surface area contributed by atoms with Gasteiger partial charge in [0.05, 0.1) is 6.54 Å². The fourth-order valence-corrected chi connectivity index (χ4v) is 1.90. The van der Waals surface area contributed by atoms with Crippen molar-refractivity contribution in [2.45, 2.75) is 39.3 Å². The molecular formula is C15H21FN2O3. The SMILES string of the molecule is CCCC(NCC(=O)NCc1ccc(F)c(C)c1)C(=O)O. The Kier molecular flexibility index (Phi) is 6.81. The number of halogens is 1. The van der Waals surface area contributed by atoms with E-state index in [9.17, 15) is 14.0 Å². The van der Waals surface area contributed by atoms with Crippen molar-refractivity contribution < 1.29 is 19.1 Å². The highest BCUT2D eigenvalue weighted by Crippen LogP contribution is 2.08. The summed E-state index contributed by atoms with van der Waals surface area (Å²) in [6, 6.07) is 3.92. The molecular weight excluding hydrogens is 275 g/mol. The molecule has 0 radical (unpaired) electrons. The lowest BCUT2D eigenvalue weighted by atomic mass is 10.1. The average molecular weight is 296 g/mol. The van der Waals surface area contributed by atoms with Crippen LogP contribution in [0.5, 0.6) is 0 Å². The van der Waals surface area contributed by atoms with Gasteiger partial charge >= 0.3 is 5.97 Å². The third kappa shape index (κ3) is 5.91. The van der Waals surface area contributed by atoms with E-state index in [4.69, 9.17) is 5.11 Å². The molecule has 1 aromatic carbocycles. The minimum absolute atomic E-state index is 0.0584. The second-order valence-corrected chi connectivity index (χ2v) is 4.92. The van der Waals surface area contributed by atoms with Crippen molar-refractivity contribution in [3.63, 3.8) is 0 Å². The Morgan fingerprint density at radius 2 is 2.10 bits per heavy atom. The monoisotopic (exact) mass is 296 g/mol. The van der Waals surface area contributed by atoms with E-state index in [1.165, 1.54) is 6.07 Å². The first-order valence-electron chi connectivity index (χ1n) is 6.92. The van der Waals surface area contributed by atoms with Gasteiger partial charge in [0, 0.05) is 6.54 Å². The van der Waals surface area contributed by atoms with Gasteiger partial charge in [0.15, 0.2) is 0 Å². The van der Waals surface area contributed by atoms with Crippen molar-refractivity contribution in [2.75, 3.05) is 6.54 Å². The zero-order valence-electron chi connectivity index (χ0n) is 12.3. The number of aryl methyl sites for hydroxylation is 1. The van der Waals surface area contributed by atoms with E-state index in [1.54, 1.807) is 19.1 Å². The van der Waals surface area contributed by atoms with Gasteiger partial charge in [-0.25, -0.2) is 4.39 Å². The molecule has 5 nitrogen and oxygen atoms in total. The number of aliphatic carboxylic acids is 1. The Balaban J connectivity index is 2.39. The van der Waals surface area contributed by atoms with Crippen LogP contribution in [0.3, 0.4) is 0 Å². The van der Waals surface area contributed by atoms with Crippen LogP contribution >= 0.6 is 0 Å². The second-order valence-electron chi connectivity index (χ2n) is 4.92. The zero-order chi connectivity index (χ0) is 15.8. The molecule has 3 N–H and O–H groups in total. The molecule has 21 heavy (non-hydrogen) atoms. The van der Waals surface area contributed by atoms with Crippen LogP contribution in [0.2, 0.25) is 0 Å². The number of carbonyl (C=O) groups excluding carboxylic acids is 1. The van der Waals surface area contributed by atoms with Gasteiger partial charge in [-0.3, -0.25) is 14.9 Å². The third-order valence-electron chi connectivity index (χ3n) is 3.10. The number of hydrogen-bond acceptors (Lipinski definition) is 3. The van der Waals surface area contributed by atoms with Gasteiger partial charge in [0.2, 0.25) is 5.91 Å². The number of benzene rings is 1. The fourth-order valence-electron chi connectivity index (χ4n) is 1.90. The van der Waals surface area contributed by atoms with E-state index in [0.29, 0.717) is 12.0 Å². The van der Waals surface area contributed by atoms with Gasteiger partial charge in [-0.1, -0.05) is 25.5 Å². The molecule has 1 unspecified atom stereocenters. The minimum Gasteiger partial charge on any atom is -0.480 e. The van der Waals surface area contributed by atoms with Crippen LogP contribution < -0.4 is 10.6 Å². The quantitative estimate of drug-likeness (QED) is 0.681. The number of carboxylic acid groups (broad SMARTS) is 1. The first kappa shape index (κ1) is 17.1. The maximum atomic E-state index is 13.1. The molecule has 0 aliphatic heterocycles. The van der Waals surface area contributed by atoms with Gasteiger partial charge in [-0.15, -0.1) is 0 Å². The highest BCUT2D eigenvalue weighted by atomic mass is 19.1. The molecule has 0 aliphatic carbocycles. The Hall–Kier alpha value is -1.95. The van der Waals surface area contributed by atoms with E-state index in [0.717, 1.165) is 12.0 Å². The first-order chi connectivity index (χ1) is 9.93. The molecule has 0 bridgehead atoms. The number of rotatable bonds is 8. The molecule has 116 valence electrons. The van der Waals surface area contributed by atoms with Crippen molar-refractivity contribution in [1.82, 2.24) is 10.6 Å². The molecule has 0 heterocycles. The summed E-state index contributed by atoms with van der Waals surface area (Å²) in [5.74, 6) is -1.53.